The minimum absolute atomic E-state index is 0.374. The van der Waals surface area contributed by atoms with Gasteiger partial charge in [-0.2, -0.15) is 0 Å². The van der Waals surface area contributed by atoms with Gasteiger partial charge in [-0.05, 0) is 31.1 Å². The monoisotopic (exact) mass is 214 g/mol. The Balaban J connectivity index is 2.29. The maximum atomic E-state index is 10.5. The molecule has 4 N–H and O–H groups in total. The molecule has 0 spiro atoms. The Morgan fingerprint density at radius 3 is 2.40 bits per heavy atom. The number of hydrogen-bond acceptors (Lipinski definition) is 3. The van der Waals surface area contributed by atoms with Crippen molar-refractivity contribution in [2.45, 2.75) is 45.2 Å². The van der Waals surface area contributed by atoms with Gasteiger partial charge in [-0.3, -0.25) is 4.79 Å². The van der Waals surface area contributed by atoms with E-state index in [0.29, 0.717) is 12.6 Å². The van der Waals surface area contributed by atoms with E-state index in [1.165, 1.54) is 6.42 Å². The van der Waals surface area contributed by atoms with Crippen LogP contribution in [0, 0.1) is 11.8 Å². The fraction of sp³-hybridized carbons (Fsp3) is 0.909. The topological polar surface area (TPSA) is 75.3 Å². The summed E-state index contributed by atoms with van der Waals surface area (Å²) >= 11 is 0. The highest BCUT2D eigenvalue weighted by Gasteiger charge is 2.24. The average Bonchev–Trinajstić information content (AvgIpc) is 2.12. The van der Waals surface area contributed by atoms with Gasteiger partial charge < -0.3 is 16.2 Å². The van der Waals surface area contributed by atoms with Gasteiger partial charge in [-0.15, -0.1) is 0 Å². The number of carboxylic acids is 1. The number of hydrogen-bond donors (Lipinski definition) is 3. The van der Waals surface area contributed by atoms with E-state index in [2.05, 4.69) is 19.2 Å². The average molecular weight is 214 g/mol. The second-order valence-corrected chi connectivity index (χ2v) is 4.97. The summed E-state index contributed by atoms with van der Waals surface area (Å²) in [7, 11) is 0. The van der Waals surface area contributed by atoms with Crippen molar-refractivity contribution < 1.29 is 9.90 Å². The Kier molecular flexibility index (Phi) is 4.54. The molecule has 0 radical (unpaired) electrons. The maximum absolute atomic E-state index is 10.5. The number of aliphatic carboxylic acids is 1. The van der Waals surface area contributed by atoms with Crippen LogP contribution in [0.4, 0.5) is 0 Å². The molecule has 4 nitrogen and oxygen atoms in total. The van der Waals surface area contributed by atoms with E-state index >= 15 is 0 Å². The molecular weight excluding hydrogens is 192 g/mol. The molecule has 0 aromatic heterocycles. The van der Waals surface area contributed by atoms with Gasteiger partial charge >= 0.3 is 5.97 Å². The van der Waals surface area contributed by atoms with Gasteiger partial charge in [0.25, 0.3) is 0 Å². The van der Waals surface area contributed by atoms with Crippen molar-refractivity contribution in [1.29, 1.82) is 0 Å². The number of nitrogens with one attached hydrogen (secondary N) is 1. The Morgan fingerprint density at radius 2 is 1.93 bits per heavy atom. The lowest BCUT2D eigenvalue weighted by atomic mass is 9.80. The zero-order chi connectivity index (χ0) is 11.4. The zero-order valence-electron chi connectivity index (χ0n) is 9.57. The van der Waals surface area contributed by atoms with E-state index in [-0.39, 0.29) is 0 Å². The predicted octanol–water partition coefficient (Wildman–Crippen LogP) is 0.813. The van der Waals surface area contributed by atoms with Crippen LogP contribution in [-0.4, -0.2) is 29.7 Å². The molecule has 3 unspecified atom stereocenters. The summed E-state index contributed by atoms with van der Waals surface area (Å²) in [4.78, 5) is 10.5. The third-order valence-electron chi connectivity index (χ3n) is 3.12. The Hall–Kier alpha value is -0.610. The summed E-state index contributed by atoms with van der Waals surface area (Å²) in [5, 5.41) is 11.9. The first-order valence-corrected chi connectivity index (χ1v) is 5.70. The maximum Gasteiger partial charge on any atom is 0.321 e. The molecular formula is C11H22N2O2. The van der Waals surface area contributed by atoms with Gasteiger partial charge in [-0.25, -0.2) is 0 Å². The van der Waals surface area contributed by atoms with E-state index < -0.39 is 12.0 Å². The lowest BCUT2D eigenvalue weighted by Crippen LogP contribution is -2.46. The highest BCUT2D eigenvalue weighted by Crippen LogP contribution is 2.28. The van der Waals surface area contributed by atoms with E-state index in [4.69, 9.17) is 10.8 Å². The lowest BCUT2D eigenvalue weighted by Gasteiger charge is -2.32. The molecule has 0 saturated heterocycles. The predicted molar refractivity (Wildman–Crippen MR) is 59.6 cm³/mol. The molecule has 1 fully saturated rings. The Morgan fingerprint density at radius 1 is 1.40 bits per heavy atom. The van der Waals surface area contributed by atoms with Gasteiger partial charge in [0.2, 0.25) is 0 Å². The van der Waals surface area contributed by atoms with Crippen molar-refractivity contribution in [3.63, 3.8) is 0 Å². The highest BCUT2D eigenvalue weighted by molar-refractivity contribution is 5.73. The van der Waals surface area contributed by atoms with Gasteiger partial charge in [0.15, 0.2) is 0 Å². The zero-order valence-corrected chi connectivity index (χ0v) is 9.57. The van der Waals surface area contributed by atoms with E-state index in [0.717, 1.165) is 24.7 Å². The molecule has 4 heteroatoms. The number of carboxylic acid groups (broad SMARTS) is 1. The van der Waals surface area contributed by atoms with E-state index in [1.54, 1.807) is 0 Å². The SMILES string of the molecule is CC1CC(C)CC(NCC(N)C(=O)O)C1. The summed E-state index contributed by atoms with van der Waals surface area (Å²) < 4.78 is 0. The van der Waals surface area contributed by atoms with Crippen molar-refractivity contribution in [1.82, 2.24) is 5.32 Å². The van der Waals surface area contributed by atoms with Crippen LogP contribution in [0.1, 0.15) is 33.1 Å². The van der Waals surface area contributed by atoms with Gasteiger partial charge in [0.05, 0.1) is 0 Å². The molecule has 88 valence electrons. The van der Waals surface area contributed by atoms with Crippen LogP contribution in [0.15, 0.2) is 0 Å². The molecule has 1 rings (SSSR count). The second-order valence-electron chi connectivity index (χ2n) is 4.97. The van der Waals surface area contributed by atoms with Crippen LogP contribution in [-0.2, 0) is 4.79 Å². The normalized spacial score (nSPS) is 33.7. The summed E-state index contributed by atoms with van der Waals surface area (Å²) in [6.45, 7) is 4.88. The molecule has 0 bridgehead atoms. The van der Waals surface area contributed by atoms with Crippen molar-refractivity contribution >= 4 is 5.97 Å². The molecule has 0 aromatic rings. The summed E-state index contributed by atoms with van der Waals surface area (Å²) in [6, 6.07) is -0.341. The van der Waals surface area contributed by atoms with E-state index in [1.807, 2.05) is 0 Å². The van der Waals surface area contributed by atoms with Crippen LogP contribution < -0.4 is 11.1 Å². The van der Waals surface area contributed by atoms with E-state index in [9.17, 15) is 4.79 Å². The fourth-order valence-corrected chi connectivity index (χ4v) is 2.49. The van der Waals surface area contributed by atoms with Crippen molar-refractivity contribution in [2.75, 3.05) is 6.54 Å². The first kappa shape index (κ1) is 12.5. The third kappa shape index (κ3) is 4.18. The molecule has 15 heavy (non-hydrogen) atoms. The van der Waals surface area contributed by atoms with Crippen LogP contribution in [0.2, 0.25) is 0 Å². The summed E-state index contributed by atoms with van der Waals surface area (Å²) in [5.41, 5.74) is 5.44. The molecule has 0 aliphatic heterocycles. The largest absolute Gasteiger partial charge is 0.480 e. The van der Waals surface area contributed by atoms with Crippen LogP contribution in [0.3, 0.4) is 0 Å². The minimum Gasteiger partial charge on any atom is -0.480 e. The first-order chi connectivity index (χ1) is 6.99. The first-order valence-electron chi connectivity index (χ1n) is 5.70. The fourth-order valence-electron chi connectivity index (χ4n) is 2.49. The molecule has 0 heterocycles. The summed E-state index contributed by atoms with van der Waals surface area (Å²) in [6.07, 6.45) is 3.55. The second kappa shape index (κ2) is 5.47. The standard InChI is InChI=1S/C11H22N2O2/c1-7-3-8(2)5-9(4-7)13-6-10(12)11(14)15/h7-10,13H,3-6,12H2,1-2H3,(H,14,15). The van der Waals surface area contributed by atoms with Crippen LogP contribution in [0.5, 0.6) is 0 Å². The molecule has 0 amide bonds. The number of nitrogens with two attached hydrogens (primary N) is 1. The van der Waals surface area contributed by atoms with Crippen molar-refractivity contribution in [3.05, 3.63) is 0 Å². The lowest BCUT2D eigenvalue weighted by molar-refractivity contribution is -0.138. The van der Waals surface area contributed by atoms with Gasteiger partial charge in [0, 0.05) is 12.6 Å². The Labute approximate surface area is 91.2 Å². The third-order valence-corrected chi connectivity index (χ3v) is 3.12. The number of carbonyl (C=O) groups is 1. The van der Waals surface area contributed by atoms with Crippen LogP contribution >= 0.6 is 0 Å². The molecule has 0 aromatic carbocycles. The molecule has 3 atom stereocenters. The van der Waals surface area contributed by atoms with Crippen molar-refractivity contribution in [3.8, 4) is 0 Å². The molecule has 1 aliphatic carbocycles. The Bertz CT molecular complexity index is 211. The van der Waals surface area contributed by atoms with Gasteiger partial charge in [0.1, 0.15) is 6.04 Å². The highest BCUT2D eigenvalue weighted by atomic mass is 16.4. The van der Waals surface area contributed by atoms with Gasteiger partial charge in [-0.1, -0.05) is 13.8 Å². The smallest absolute Gasteiger partial charge is 0.321 e. The minimum atomic E-state index is -0.931. The van der Waals surface area contributed by atoms with Crippen molar-refractivity contribution in [2.24, 2.45) is 17.6 Å². The van der Waals surface area contributed by atoms with Crippen LogP contribution in [0.25, 0.3) is 0 Å². The summed E-state index contributed by atoms with van der Waals surface area (Å²) in [5.74, 6) is 0.527. The molecule has 1 aliphatic rings. The quantitative estimate of drug-likeness (QED) is 0.647. The molecule has 1 saturated carbocycles. The number of rotatable bonds is 4.